The van der Waals surface area contributed by atoms with Gasteiger partial charge in [0.15, 0.2) is 0 Å². The Morgan fingerprint density at radius 1 is 0.944 bits per heavy atom. The summed E-state index contributed by atoms with van der Waals surface area (Å²) in [7, 11) is 0. The van der Waals surface area contributed by atoms with Crippen molar-refractivity contribution in [3.63, 3.8) is 0 Å². The Balaban J connectivity index is 1.38. The number of rotatable bonds is 4. The van der Waals surface area contributed by atoms with Gasteiger partial charge in [0.05, 0.1) is 0 Å². The highest BCUT2D eigenvalue weighted by Gasteiger charge is 2.28. The lowest BCUT2D eigenvalue weighted by Gasteiger charge is -2.39. The second-order valence-corrected chi connectivity index (χ2v) is 6.72. The van der Waals surface area contributed by atoms with Crippen molar-refractivity contribution in [3.8, 4) is 0 Å². The molecule has 0 aromatic rings. The monoisotopic (exact) mass is 251 g/mol. The second kappa shape index (κ2) is 5.89. The van der Waals surface area contributed by atoms with E-state index < -0.39 is 0 Å². The van der Waals surface area contributed by atoms with Crippen molar-refractivity contribution in [2.75, 3.05) is 45.8 Å². The van der Waals surface area contributed by atoms with Crippen molar-refractivity contribution in [1.82, 2.24) is 15.1 Å². The van der Waals surface area contributed by atoms with Crippen molar-refractivity contribution < 1.29 is 0 Å². The van der Waals surface area contributed by atoms with Gasteiger partial charge >= 0.3 is 0 Å². The molecule has 1 saturated carbocycles. The van der Waals surface area contributed by atoms with Gasteiger partial charge in [-0.15, -0.1) is 0 Å². The first-order valence-corrected chi connectivity index (χ1v) is 7.99. The molecule has 0 radical (unpaired) electrons. The molecule has 104 valence electrons. The molecular formula is C15H29N3. The summed E-state index contributed by atoms with van der Waals surface area (Å²) < 4.78 is 0. The molecule has 0 spiro atoms. The molecule has 0 bridgehead atoms. The fourth-order valence-electron chi connectivity index (χ4n) is 3.46. The van der Waals surface area contributed by atoms with Gasteiger partial charge in [0.2, 0.25) is 0 Å². The molecule has 3 aliphatic rings. The summed E-state index contributed by atoms with van der Waals surface area (Å²) in [6.45, 7) is 11.5. The van der Waals surface area contributed by atoms with Crippen LogP contribution in [-0.2, 0) is 0 Å². The van der Waals surface area contributed by atoms with Crippen LogP contribution < -0.4 is 5.32 Å². The predicted octanol–water partition coefficient (Wildman–Crippen LogP) is 1.40. The number of nitrogens with one attached hydrogen (secondary N) is 1. The molecule has 2 aliphatic heterocycles. The number of hydrogen-bond acceptors (Lipinski definition) is 3. The Morgan fingerprint density at radius 3 is 2.22 bits per heavy atom. The maximum Gasteiger partial charge on any atom is 0.0220 e. The van der Waals surface area contributed by atoms with Crippen molar-refractivity contribution in [1.29, 1.82) is 0 Å². The van der Waals surface area contributed by atoms with Gasteiger partial charge in [-0.05, 0) is 44.1 Å². The maximum absolute atomic E-state index is 3.71. The molecule has 0 amide bonds. The first-order valence-electron chi connectivity index (χ1n) is 7.99. The molecule has 18 heavy (non-hydrogen) atoms. The van der Waals surface area contributed by atoms with Gasteiger partial charge in [0.1, 0.15) is 0 Å². The van der Waals surface area contributed by atoms with Crippen LogP contribution in [-0.4, -0.2) is 61.7 Å². The third kappa shape index (κ3) is 3.46. The molecule has 2 heterocycles. The molecule has 2 unspecified atom stereocenters. The summed E-state index contributed by atoms with van der Waals surface area (Å²) in [6, 6.07) is 0.744. The largest absolute Gasteiger partial charge is 0.312 e. The number of nitrogens with zero attached hydrogens (tertiary/aromatic N) is 2. The van der Waals surface area contributed by atoms with Crippen molar-refractivity contribution in [2.24, 2.45) is 11.8 Å². The fraction of sp³-hybridized carbons (Fsp3) is 1.00. The highest BCUT2D eigenvalue weighted by Crippen LogP contribution is 2.30. The number of piperidine rings is 1. The highest BCUT2D eigenvalue weighted by molar-refractivity contribution is 4.85. The van der Waals surface area contributed by atoms with Crippen LogP contribution in [0.3, 0.4) is 0 Å². The predicted molar refractivity (Wildman–Crippen MR) is 75.8 cm³/mol. The molecule has 2 saturated heterocycles. The quantitative estimate of drug-likeness (QED) is 0.815. The normalized spacial score (nSPS) is 35.8. The number of hydrogen-bond donors (Lipinski definition) is 1. The van der Waals surface area contributed by atoms with E-state index in [0.717, 1.165) is 17.9 Å². The van der Waals surface area contributed by atoms with Crippen LogP contribution in [0.1, 0.15) is 32.6 Å². The Kier molecular flexibility index (Phi) is 4.22. The van der Waals surface area contributed by atoms with Gasteiger partial charge < -0.3 is 10.2 Å². The molecule has 0 aromatic heterocycles. The molecular weight excluding hydrogens is 222 g/mol. The van der Waals surface area contributed by atoms with E-state index in [1.807, 2.05) is 0 Å². The van der Waals surface area contributed by atoms with Crippen molar-refractivity contribution >= 4 is 0 Å². The summed E-state index contributed by atoms with van der Waals surface area (Å²) in [5.74, 6) is 1.92. The molecule has 1 aliphatic carbocycles. The zero-order chi connectivity index (χ0) is 12.4. The standard InChI is InChI=1S/C15H29N3/c1-13-3-2-6-16-15(13)12-18-9-7-17(8-10-18)11-14-4-5-14/h13-16H,2-12H2,1H3. The zero-order valence-corrected chi connectivity index (χ0v) is 11.9. The molecule has 2 atom stereocenters. The minimum atomic E-state index is 0.744. The van der Waals surface area contributed by atoms with E-state index >= 15 is 0 Å². The van der Waals surface area contributed by atoms with Gasteiger partial charge in [0.25, 0.3) is 0 Å². The van der Waals surface area contributed by atoms with Gasteiger partial charge in [-0.1, -0.05) is 6.92 Å². The van der Waals surface area contributed by atoms with Crippen LogP contribution in [0.25, 0.3) is 0 Å². The van der Waals surface area contributed by atoms with Gasteiger partial charge in [-0.3, -0.25) is 4.90 Å². The summed E-state index contributed by atoms with van der Waals surface area (Å²) in [5.41, 5.74) is 0. The van der Waals surface area contributed by atoms with Gasteiger partial charge in [-0.2, -0.15) is 0 Å². The van der Waals surface area contributed by atoms with E-state index in [9.17, 15) is 0 Å². The smallest absolute Gasteiger partial charge is 0.0220 e. The lowest BCUT2D eigenvalue weighted by Crippen LogP contribution is -2.53. The van der Waals surface area contributed by atoms with E-state index in [4.69, 9.17) is 0 Å². The molecule has 0 aromatic carbocycles. The highest BCUT2D eigenvalue weighted by atomic mass is 15.3. The minimum Gasteiger partial charge on any atom is -0.312 e. The molecule has 3 rings (SSSR count). The van der Waals surface area contributed by atoms with E-state index in [0.29, 0.717) is 0 Å². The first-order chi connectivity index (χ1) is 8.81. The van der Waals surface area contributed by atoms with Crippen LogP contribution in [0.4, 0.5) is 0 Å². The SMILES string of the molecule is CC1CCCNC1CN1CCN(CC2CC2)CC1. The lowest BCUT2D eigenvalue weighted by atomic mass is 9.92. The summed E-state index contributed by atoms with van der Waals surface area (Å²) in [6.07, 6.45) is 5.76. The van der Waals surface area contributed by atoms with Gasteiger partial charge in [0, 0.05) is 45.3 Å². The Hall–Kier alpha value is -0.120. The average Bonchev–Trinajstić information content (AvgIpc) is 3.19. The molecule has 3 nitrogen and oxygen atoms in total. The number of piperazine rings is 1. The topological polar surface area (TPSA) is 18.5 Å². The average molecular weight is 251 g/mol. The van der Waals surface area contributed by atoms with E-state index in [1.165, 1.54) is 71.5 Å². The zero-order valence-electron chi connectivity index (χ0n) is 11.9. The minimum absolute atomic E-state index is 0.744. The first kappa shape index (κ1) is 12.9. The summed E-state index contributed by atoms with van der Waals surface area (Å²) >= 11 is 0. The van der Waals surface area contributed by atoms with Crippen molar-refractivity contribution in [2.45, 2.75) is 38.6 Å². The van der Waals surface area contributed by atoms with E-state index in [-0.39, 0.29) is 0 Å². The Morgan fingerprint density at radius 2 is 1.61 bits per heavy atom. The van der Waals surface area contributed by atoms with E-state index in [1.54, 1.807) is 0 Å². The van der Waals surface area contributed by atoms with Gasteiger partial charge in [-0.25, -0.2) is 0 Å². The van der Waals surface area contributed by atoms with Crippen LogP contribution >= 0.6 is 0 Å². The Bertz CT molecular complexity index is 256. The Labute approximate surface area is 112 Å². The summed E-state index contributed by atoms with van der Waals surface area (Å²) in [5, 5.41) is 3.71. The third-order valence-electron chi connectivity index (χ3n) is 5.06. The van der Waals surface area contributed by atoms with Crippen molar-refractivity contribution in [3.05, 3.63) is 0 Å². The lowest BCUT2D eigenvalue weighted by molar-refractivity contribution is 0.106. The molecule has 3 heteroatoms. The molecule has 1 N–H and O–H groups in total. The maximum atomic E-state index is 3.71. The second-order valence-electron chi connectivity index (χ2n) is 6.72. The summed E-state index contributed by atoms with van der Waals surface area (Å²) in [4.78, 5) is 5.37. The fourth-order valence-corrected chi connectivity index (χ4v) is 3.46. The van der Waals surface area contributed by atoms with Crippen LogP contribution in [0.2, 0.25) is 0 Å². The molecule has 3 fully saturated rings. The van der Waals surface area contributed by atoms with E-state index in [2.05, 4.69) is 22.0 Å². The van der Waals surface area contributed by atoms with Crippen LogP contribution in [0.15, 0.2) is 0 Å². The third-order valence-corrected chi connectivity index (χ3v) is 5.06. The van der Waals surface area contributed by atoms with Crippen LogP contribution in [0.5, 0.6) is 0 Å². The van der Waals surface area contributed by atoms with Crippen LogP contribution in [0, 0.1) is 11.8 Å².